The summed E-state index contributed by atoms with van der Waals surface area (Å²) in [6.45, 7) is 4.21. The van der Waals surface area contributed by atoms with Crippen LogP contribution in [0, 0.1) is 11.8 Å². The van der Waals surface area contributed by atoms with Crippen LogP contribution in [0.1, 0.15) is 20.3 Å². The summed E-state index contributed by atoms with van der Waals surface area (Å²) in [7, 11) is 0. The van der Waals surface area contributed by atoms with Crippen molar-refractivity contribution in [1.82, 2.24) is 0 Å². The van der Waals surface area contributed by atoms with Crippen LogP contribution < -0.4 is 4.74 Å². The molecule has 1 rings (SSSR count). The number of aliphatic carboxylic acids is 1. The molecular weight excluding hydrogens is 240 g/mol. The van der Waals surface area contributed by atoms with Crippen LogP contribution in [0.4, 0.5) is 0 Å². The summed E-state index contributed by atoms with van der Waals surface area (Å²) >= 11 is 5.75. The zero-order valence-electron chi connectivity index (χ0n) is 10.0. The highest BCUT2D eigenvalue weighted by Gasteiger charge is 2.20. The van der Waals surface area contributed by atoms with Gasteiger partial charge in [-0.3, -0.25) is 4.79 Å². The number of rotatable bonds is 6. The van der Waals surface area contributed by atoms with Gasteiger partial charge in [0.2, 0.25) is 0 Å². The van der Waals surface area contributed by atoms with E-state index in [0.717, 1.165) is 0 Å². The summed E-state index contributed by atoms with van der Waals surface area (Å²) in [5.74, 6) is -0.300. The van der Waals surface area contributed by atoms with Gasteiger partial charge in [-0.2, -0.15) is 0 Å². The first-order valence-electron chi connectivity index (χ1n) is 5.62. The monoisotopic (exact) mass is 256 g/mol. The van der Waals surface area contributed by atoms with Crippen LogP contribution in [-0.2, 0) is 4.79 Å². The SMILES string of the molecule is CC(C)C(CCOc1ccc(Cl)cc1)C(=O)O. The Labute approximate surface area is 106 Å². The Kier molecular flexibility index (Phi) is 5.29. The van der Waals surface area contributed by atoms with Crippen molar-refractivity contribution < 1.29 is 14.6 Å². The lowest BCUT2D eigenvalue weighted by Crippen LogP contribution is -2.22. The van der Waals surface area contributed by atoms with E-state index in [9.17, 15) is 4.79 Å². The molecule has 0 saturated heterocycles. The molecule has 0 spiro atoms. The maximum atomic E-state index is 11.0. The van der Waals surface area contributed by atoms with E-state index in [1.54, 1.807) is 24.3 Å². The fraction of sp³-hybridized carbons (Fsp3) is 0.462. The topological polar surface area (TPSA) is 46.5 Å². The predicted octanol–water partition coefficient (Wildman–Crippen LogP) is 3.47. The third kappa shape index (κ3) is 4.65. The van der Waals surface area contributed by atoms with E-state index in [4.69, 9.17) is 21.4 Å². The van der Waals surface area contributed by atoms with Crippen molar-refractivity contribution in [2.24, 2.45) is 11.8 Å². The molecule has 0 bridgehead atoms. The molecule has 1 unspecified atom stereocenters. The molecule has 3 nitrogen and oxygen atoms in total. The highest BCUT2D eigenvalue weighted by atomic mass is 35.5. The lowest BCUT2D eigenvalue weighted by Gasteiger charge is -2.16. The van der Waals surface area contributed by atoms with Gasteiger partial charge in [0.1, 0.15) is 5.75 Å². The highest BCUT2D eigenvalue weighted by Crippen LogP contribution is 2.18. The first-order valence-corrected chi connectivity index (χ1v) is 5.99. The molecule has 17 heavy (non-hydrogen) atoms. The molecule has 0 heterocycles. The summed E-state index contributed by atoms with van der Waals surface area (Å²) in [6.07, 6.45) is 0.510. The van der Waals surface area contributed by atoms with Crippen LogP contribution in [-0.4, -0.2) is 17.7 Å². The first-order chi connectivity index (χ1) is 8.00. The van der Waals surface area contributed by atoms with Gasteiger partial charge >= 0.3 is 5.97 Å². The minimum atomic E-state index is -0.764. The molecule has 1 atom stereocenters. The second-order valence-corrected chi connectivity index (χ2v) is 4.72. The van der Waals surface area contributed by atoms with Gasteiger partial charge in [-0.15, -0.1) is 0 Å². The van der Waals surface area contributed by atoms with Gasteiger partial charge in [0.25, 0.3) is 0 Å². The van der Waals surface area contributed by atoms with Gasteiger partial charge in [0.15, 0.2) is 0 Å². The molecule has 94 valence electrons. The second-order valence-electron chi connectivity index (χ2n) is 4.28. The third-order valence-electron chi connectivity index (χ3n) is 2.63. The van der Waals surface area contributed by atoms with Gasteiger partial charge < -0.3 is 9.84 Å². The minimum Gasteiger partial charge on any atom is -0.494 e. The number of carboxylic acids is 1. The average molecular weight is 257 g/mol. The van der Waals surface area contributed by atoms with Crippen molar-refractivity contribution in [3.8, 4) is 5.75 Å². The number of benzene rings is 1. The zero-order chi connectivity index (χ0) is 12.8. The molecule has 1 aromatic carbocycles. The van der Waals surface area contributed by atoms with Gasteiger partial charge in [0, 0.05) is 5.02 Å². The molecule has 0 aliphatic carbocycles. The number of carbonyl (C=O) groups is 1. The van der Waals surface area contributed by atoms with E-state index >= 15 is 0 Å². The fourth-order valence-electron chi connectivity index (χ4n) is 1.58. The van der Waals surface area contributed by atoms with Gasteiger partial charge in [0.05, 0.1) is 12.5 Å². The zero-order valence-corrected chi connectivity index (χ0v) is 10.8. The predicted molar refractivity (Wildman–Crippen MR) is 67.5 cm³/mol. The normalized spacial score (nSPS) is 12.5. The minimum absolute atomic E-state index is 0.112. The Bertz CT molecular complexity index is 359. The number of carboxylic acid groups (broad SMARTS) is 1. The van der Waals surface area contributed by atoms with Crippen LogP contribution in [0.15, 0.2) is 24.3 Å². The molecule has 0 radical (unpaired) electrons. The molecule has 0 fully saturated rings. The fourth-order valence-corrected chi connectivity index (χ4v) is 1.70. The molecule has 1 aromatic rings. The Balaban J connectivity index is 2.41. The molecule has 0 aliphatic heterocycles. The van der Waals surface area contributed by atoms with Crippen molar-refractivity contribution >= 4 is 17.6 Å². The van der Waals surface area contributed by atoms with Gasteiger partial charge in [-0.25, -0.2) is 0 Å². The van der Waals surface area contributed by atoms with E-state index < -0.39 is 5.97 Å². The van der Waals surface area contributed by atoms with Crippen LogP contribution in [0.5, 0.6) is 5.75 Å². The van der Waals surface area contributed by atoms with Crippen LogP contribution >= 0.6 is 11.6 Å². The lowest BCUT2D eigenvalue weighted by molar-refractivity contribution is -0.143. The highest BCUT2D eigenvalue weighted by molar-refractivity contribution is 6.30. The lowest BCUT2D eigenvalue weighted by atomic mass is 9.93. The summed E-state index contributed by atoms with van der Waals surface area (Å²) in [6, 6.07) is 7.03. The van der Waals surface area contributed by atoms with Gasteiger partial charge in [-0.1, -0.05) is 25.4 Å². The number of ether oxygens (including phenoxy) is 1. The van der Waals surface area contributed by atoms with E-state index in [-0.39, 0.29) is 11.8 Å². The smallest absolute Gasteiger partial charge is 0.306 e. The van der Waals surface area contributed by atoms with E-state index in [1.165, 1.54) is 0 Å². The summed E-state index contributed by atoms with van der Waals surface area (Å²) in [5.41, 5.74) is 0. The standard InChI is InChI=1S/C13H17ClO3/c1-9(2)12(13(15)16)7-8-17-11-5-3-10(14)4-6-11/h3-6,9,12H,7-8H2,1-2H3,(H,15,16). The Morgan fingerprint density at radius 1 is 1.35 bits per heavy atom. The maximum Gasteiger partial charge on any atom is 0.306 e. The van der Waals surface area contributed by atoms with Crippen molar-refractivity contribution in [2.45, 2.75) is 20.3 Å². The largest absolute Gasteiger partial charge is 0.494 e. The molecule has 1 N–H and O–H groups in total. The van der Waals surface area contributed by atoms with E-state index in [0.29, 0.717) is 23.8 Å². The molecular formula is C13H17ClO3. The molecule has 0 aromatic heterocycles. The van der Waals surface area contributed by atoms with Crippen LogP contribution in [0.3, 0.4) is 0 Å². The molecule has 0 saturated carbocycles. The summed E-state index contributed by atoms with van der Waals surface area (Å²) in [5, 5.41) is 9.66. The average Bonchev–Trinajstić information content (AvgIpc) is 2.25. The Morgan fingerprint density at radius 2 is 1.94 bits per heavy atom. The second kappa shape index (κ2) is 6.50. The number of halogens is 1. The summed E-state index contributed by atoms with van der Waals surface area (Å²) in [4.78, 5) is 11.0. The molecule has 0 amide bonds. The first kappa shape index (κ1) is 13.8. The third-order valence-corrected chi connectivity index (χ3v) is 2.89. The maximum absolute atomic E-state index is 11.0. The van der Waals surface area contributed by atoms with E-state index in [1.807, 2.05) is 13.8 Å². The van der Waals surface area contributed by atoms with Gasteiger partial charge in [-0.05, 0) is 36.6 Å². The molecule has 0 aliphatic rings. The van der Waals surface area contributed by atoms with Crippen molar-refractivity contribution in [3.63, 3.8) is 0 Å². The van der Waals surface area contributed by atoms with Crippen molar-refractivity contribution in [3.05, 3.63) is 29.3 Å². The quantitative estimate of drug-likeness (QED) is 0.848. The van der Waals surface area contributed by atoms with E-state index in [2.05, 4.69) is 0 Å². The number of hydrogen-bond donors (Lipinski definition) is 1. The molecule has 4 heteroatoms. The van der Waals surface area contributed by atoms with Crippen molar-refractivity contribution in [2.75, 3.05) is 6.61 Å². The Hall–Kier alpha value is -1.22. The number of hydrogen-bond acceptors (Lipinski definition) is 2. The Morgan fingerprint density at radius 3 is 2.41 bits per heavy atom. The van der Waals surface area contributed by atoms with Crippen molar-refractivity contribution in [1.29, 1.82) is 0 Å². The summed E-state index contributed by atoms with van der Waals surface area (Å²) < 4.78 is 5.47. The van der Waals surface area contributed by atoms with Crippen LogP contribution in [0.25, 0.3) is 0 Å². The van der Waals surface area contributed by atoms with Crippen LogP contribution in [0.2, 0.25) is 5.02 Å².